The number of hydrogen-bond acceptors (Lipinski definition) is 5. The lowest BCUT2D eigenvalue weighted by atomic mass is 10.1. The number of aromatic nitrogens is 3. The first-order valence-corrected chi connectivity index (χ1v) is 7.85. The number of rotatable bonds is 3. The quantitative estimate of drug-likeness (QED) is 0.772. The lowest BCUT2D eigenvalue weighted by Crippen LogP contribution is -2.11. The zero-order valence-corrected chi connectivity index (χ0v) is 10.6. The Hall–Kier alpha value is -0.660. The van der Waals surface area contributed by atoms with Gasteiger partial charge in [0.05, 0.1) is 6.61 Å². The predicted molar refractivity (Wildman–Crippen MR) is 59.5 cm³/mol. The van der Waals surface area contributed by atoms with Crippen LogP contribution in [0.5, 0.6) is 0 Å². The highest BCUT2D eigenvalue weighted by Gasteiger charge is 2.36. The second-order valence-electron chi connectivity index (χ2n) is 4.44. The van der Waals surface area contributed by atoms with Crippen LogP contribution in [0, 0.1) is 0 Å². The van der Waals surface area contributed by atoms with Gasteiger partial charge in [-0.15, -0.1) is 10.2 Å². The molecule has 2 aliphatic rings. The molecule has 0 aromatic carbocycles. The van der Waals surface area contributed by atoms with E-state index >= 15 is 0 Å². The highest BCUT2D eigenvalue weighted by molar-refractivity contribution is 8.13. The minimum atomic E-state index is -3.83. The van der Waals surface area contributed by atoms with Crippen LogP contribution in [0.25, 0.3) is 0 Å². The molecule has 1 aliphatic heterocycles. The predicted octanol–water partition coefficient (Wildman–Crippen LogP) is 1.04. The standard InChI is InChI=1S/C9H12ClN3O3S/c10-17(14,15)9-12-11-8(6-3-4-16-5-6)13(9)7-1-2-7/h6-7H,1-5H2. The van der Waals surface area contributed by atoms with Gasteiger partial charge in [-0.1, -0.05) is 0 Å². The van der Waals surface area contributed by atoms with E-state index in [2.05, 4.69) is 10.2 Å². The van der Waals surface area contributed by atoms with Crippen LogP contribution in [-0.4, -0.2) is 36.4 Å². The van der Waals surface area contributed by atoms with Crippen molar-refractivity contribution >= 4 is 19.7 Å². The second-order valence-corrected chi connectivity index (χ2v) is 6.90. The molecule has 6 nitrogen and oxygen atoms in total. The molecule has 1 atom stereocenters. The average Bonchev–Trinajstić information content (AvgIpc) is 2.81. The van der Waals surface area contributed by atoms with Gasteiger partial charge in [0.15, 0.2) is 0 Å². The van der Waals surface area contributed by atoms with Crippen molar-refractivity contribution in [1.82, 2.24) is 14.8 Å². The molecule has 1 saturated carbocycles. The Balaban J connectivity index is 2.06. The van der Waals surface area contributed by atoms with E-state index in [0.717, 1.165) is 19.3 Å². The van der Waals surface area contributed by atoms with Crippen molar-refractivity contribution in [2.24, 2.45) is 0 Å². The molecule has 2 heterocycles. The van der Waals surface area contributed by atoms with Crippen LogP contribution in [0.3, 0.4) is 0 Å². The van der Waals surface area contributed by atoms with Crippen molar-refractivity contribution in [3.05, 3.63) is 5.82 Å². The summed E-state index contributed by atoms with van der Waals surface area (Å²) in [4.78, 5) is 0. The Bertz CT molecular complexity index is 532. The van der Waals surface area contributed by atoms with Gasteiger partial charge in [-0.2, -0.15) is 0 Å². The van der Waals surface area contributed by atoms with Gasteiger partial charge in [0, 0.05) is 29.2 Å². The normalized spacial score (nSPS) is 25.4. The molecule has 0 radical (unpaired) electrons. The van der Waals surface area contributed by atoms with Crippen molar-refractivity contribution in [2.75, 3.05) is 13.2 Å². The molecule has 94 valence electrons. The topological polar surface area (TPSA) is 74.1 Å². The van der Waals surface area contributed by atoms with Crippen LogP contribution in [0.1, 0.15) is 37.0 Å². The van der Waals surface area contributed by atoms with E-state index in [-0.39, 0.29) is 17.1 Å². The van der Waals surface area contributed by atoms with Gasteiger partial charge < -0.3 is 4.74 Å². The molecule has 3 rings (SSSR count). The number of nitrogens with zero attached hydrogens (tertiary/aromatic N) is 3. The molecule has 8 heteroatoms. The lowest BCUT2D eigenvalue weighted by Gasteiger charge is -2.10. The molecule has 0 bridgehead atoms. The van der Waals surface area contributed by atoms with Crippen molar-refractivity contribution in [2.45, 2.75) is 36.4 Å². The Morgan fingerprint density at radius 3 is 2.59 bits per heavy atom. The van der Waals surface area contributed by atoms with Crippen molar-refractivity contribution in [3.63, 3.8) is 0 Å². The zero-order valence-electron chi connectivity index (χ0n) is 9.04. The zero-order chi connectivity index (χ0) is 12.0. The summed E-state index contributed by atoms with van der Waals surface area (Å²) in [5.41, 5.74) is 0. The maximum absolute atomic E-state index is 11.4. The summed E-state index contributed by atoms with van der Waals surface area (Å²) in [5.74, 6) is 0.833. The van der Waals surface area contributed by atoms with Crippen molar-refractivity contribution < 1.29 is 13.2 Å². The fraction of sp³-hybridized carbons (Fsp3) is 0.778. The minimum absolute atomic E-state index is 0.122. The Labute approximate surface area is 103 Å². The van der Waals surface area contributed by atoms with Crippen LogP contribution in [0.15, 0.2) is 5.16 Å². The molecular formula is C9H12ClN3O3S. The first-order valence-electron chi connectivity index (χ1n) is 5.54. The van der Waals surface area contributed by atoms with Crippen LogP contribution < -0.4 is 0 Å². The third-order valence-corrected chi connectivity index (χ3v) is 4.24. The number of hydrogen-bond donors (Lipinski definition) is 0. The molecule has 0 spiro atoms. The summed E-state index contributed by atoms with van der Waals surface area (Å²) >= 11 is 0. The van der Waals surface area contributed by atoms with Gasteiger partial charge in [-0.3, -0.25) is 4.57 Å². The van der Waals surface area contributed by atoms with Crippen molar-refractivity contribution in [1.29, 1.82) is 0 Å². The van der Waals surface area contributed by atoms with Gasteiger partial charge in [-0.05, 0) is 19.3 Å². The summed E-state index contributed by atoms with van der Waals surface area (Å²) in [6.07, 6.45) is 2.77. The highest BCUT2D eigenvalue weighted by Crippen LogP contribution is 2.40. The molecule has 2 fully saturated rings. The molecule has 0 amide bonds. The third kappa shape index (κ3) is 2.07. The SMILES string of the molecule is O=S(=O)(Cl)c1nnc(C2CCOC2)n1C1CC1. The van der Waals surface area contributed by atoms with E-state index in [0.29, 0.717) is 19.0 Å². The second kappa shape index (κ2) is 3.93. The van der Waals surface area contributed by atoms with Gasteiger partial charge in [0.1, 0.15) is 5.82 Å². The van der Waals surface area contributed by atoms with Crippen LogP contribution in [0.2, 0.25) is 0 Å². The fourth-order valence-electron chi connectivity index (χ4n) is 2.15. The summed E-state index contributed by atoms with van der Waals surface area (Å²) < 4.78 is 29.8. The molecule has 1 aliphatic carbocycles. The number of halogens is 1. The Kier molecular flexibility index (Phi) is 2.64. The fourth-order valence-corrected chi connectivity index (χ4v) is 3.08. The summed E-state index contributed by atoms with van der Waals surface area (Å²) in [7, 11) is 1.55. The number of ether oxygens (including phenoxy) is 1. The van der Waals surface area contributed by atoms with E-state index in [4.69, 9.17) is 15.4 Å². The monoisotopic (exact) mass is 277 g/mol. The van der Waals surface area contributed by atoms with E-state index in [1.807, 2.05) is 0 Å². The maximum atomic E-state index is 11.4. The smallest absolute Gasteiger partial charge is 0.296 e. The molecule has 0 N–H and O–H groups in total. The van der Waals surface area contributed by atoms with Crippen LogP contribution >= 0.6 is 10.7 Å². The minimum Gasteiger partial charge on any atom is -0.381 e. The maximum Gasteiger partial charge on any atom is 0.296 e. The first-order chi connectivity index (χ1) is 8.07. The lowest BCUT2D eigenvalue weighted by molar-refractivity contribution is 0.192. The molecule has 17 heavy (non-hydrogen) atoms. The average molecular weight is 278 g/mol. The van der Waals surface area contributed by atoms with Crippen LogP contribution in [0.4, 0.5) is 0 Å². The Morgan fingerprint density at radius 1 is 1.29 bits per heavy atom. The summed E-state index contributed by atoms with van der Waals surface area (Å²) in [5, 5.41) is 7.60. The third-order valence-electron chi connectivity index (χ3n) is 3.12. The van der Waals surface area contributed by atoms with Gasteiger partial charge >= 0.3 is 0 Å². The summed E-state index contributed by atoms with van der Waals surface area (Å²) in [6, 6.07) is 0.184. The van der Waals surface area contributed by atoms with Crippen LogP contribution in [-0.2, 0) is 13.8 Å². The van der Waals surface area contributed by atoms with Gasteiger partial charge in [-0.25, -0.2) is 8.42 Å². The molecular weight excluding hydrogens is 266 g/mol. The first kappa shape index (κ1) is 11.4. The molecule has 1 aromatic rings. The highest BCUT2D eigenvalue weighted by atomic mass is 35.7. The Morgan fingerprint density at radius 2 is 2.06 bits per heavy atom. The largest absolute Gasteiger partial charge is 0.381 e. The van der Waals surface area contributed by atoms with E-state index in [1.165, 1.54) is 0 Å². The van der Waals surface area contributed by atoms with Crippen molar-refractivity contribution in [3.8, 4) is 0 Å². The van der Waals surface area contributed by atoms with E-state index < -0.39 is 9.05 Å². The molecule has 1 aromatic heterocycles. The van der Waals surface area contributed by atoms with E-state index in [1.54, 1.807) is 4.57 Å². The molecule has 1 saturated heterocycles. The summed E-state index contributed by atoms with van der Waals surface area (Å²) in [6.45, 7) is 1.26. The van der Waals surface area contributed by atoms with Gasteiger partial charge in [0.2, 0.25) is 0 Å². The van der Waals surface area contributed by atoms with Gasteiger partial charge in [0.25, 0.3) is 14.2 Å². The van der Waals surface area contributed by atoms with E-state index in [9.17, 15) is 8.42 Å². The molecule has 1 unspecified atom stereocenters.